The van der Waals surface area contributed by atoms with Crippen LogP contribution in [0, 0.1) is 39.4 Å². The average molecular weight is 344 g/mol. The van der Waals surface area contributed by atoms with E-state index in [9.17, 15) is 15.3 Å². The molecule has 0 aliphatic heterocycles. The summed E-state index contributed by atoms with van der Waals surface area (Å²) in [5, 5.41) is 19.2. The van der Waals surface area contributed by atoms with Gasteiger partial charge in [0, 0.05) is 11.3 Å². The molecule has 4 heteroatoms. The first-order valence-electron chi connectivity index (χ1n) is 8.53. The molecule has 0 saturated heterocycles. The zero-order valence-corrected chi connectivity index (χ0v) is 15.1. The lowest BCUT2D eigenvalue weighted by Gasteiger charge is -2.16. The molecule has 1 aliphatic carbocycles. The Bertz CT molecular complexity index is 900. The summed E-state index contributed by atoms with van der Waals surface area (Å²) >= 11 is 0. The standard InChI is InChI=1S/C22H20N2O2/c1-21(2,3)20(25)19-18(22(19,13-23)14-24)15-8-7-11-17(12-15)26-16-9-5-4-6-10-16/h4-12,18-19H,1-3H3. The van der Waals surface area contributed by atoms with Crippen LogP contribution in [-0.2, 0) is 4.79 Å². The van der Waals surface area contributed by atoms with Crippen LogP contribution in [0.3, 0.4) is 0 Å². The van der Waals surface area contributed by atoms with E-state index in [1.54, 1.807) is 0 Å². The van der Waals surface area contributed by atoms with Crippen molar-refractivity contribution in [2.75, 3.05) is 0 Å². The van der Waals surface area contributed by atoms with Crippen molar-refractivity contribution in [3.63, 3.8) is 0 Å². The van der Waals surface area contributed by atoms with Gasteiger partial charge >= 0.3 is 0 Å². The molecule has 0 spiro atoms. The van der Waals surface area contributed by atoms with Gasteiger partial charge in [-0.25, -0.2) is 0 Å². The predicted molar refractivity (Wildman–Crippen MR) is 97.3 cm³/mol. The third-order valence-corrected chi connectivity index (χ3v) is 4.79. The molecule has 4 nitrogen and oxygen atoms in total. The molecule has 130 valence electrons. The van der Waals surface area contributed by atoms with E-state index < -0.39 is 22.7 Å². The number of para-hydroxylation sites is 1. The van der Waals surface area contributed by atoms with Crippen LogP contribution in [0.5, 0.6) is 11.5 Å². The third-order valence-electron chi connectivity index (χ3n) is 4.79. The molecule has 2 unspecified atom stereocenters. The molecule has 3 rings (SSSR count). The van der Waals surface area contributed by atoms with Gasteiger partial charge in [0.1, 0.15) is 17.3 Å². The summed E-state index contributed by atoms with van der Waals surface area (Å²) in [5.41, 5.74) is -1.11. The Morgan fingerprint density at radius 1 is 1.00 bits per heavy atom. The summed E-state index contributed by atoms with van der Waals surface area (Å²) in [7, 11) is 0. The fourth-order valence-electron chi connectivity index (χ4n) is 3.37. The lowest BCUT2D eigenvalue weighted by atomic mass is 9.85. The maximum Gasteiger partial charge on any atom is 0.161 e. The van der Waals surface area contributed by atoms with E-state index in [-0.39, 0.29) is 5.78 Å². The zero-order valence-electron chi connectivity index (χ0n) is 15.1. The molecule has 1 saturated carbocycles. The van der Waals surface area contributed by atoms with Gasteiger partial charge < -0.3 is 4.74 Å². The molecule has 0 bridgehead atoms. The highest BCUT2D eigenvalue weighted by atomic mass is 16.5. The first-order valence-corrected chi connectivity index (χ1v) is 8.53. The van der Waals surface area contributed by atoms with Crippen LogP contribution in [0.1, 0.15) is 32.3 Å². The lowest BCUT2D eigenvalue weighted by Crippen LogP contribution is -2.24. The van der Waals surface area contributed by atoms with Crippen LogP contribution in [-0.4, -0.2) is 5.78 Å². The van der Waals surface area contributed by atoms with Gasteiger partial charge in [-0.2, -0.15) is 10.5 Å². The Hall–Kier alpha value is -3.11. The first kappa shape index (κ1) is 17.7. The molecule has 1 aliphatic rings. The number of rotatable bonds is 4. The Balaban J connectivity index is 1.93. The molecule has 0 amide bonds. The monoisotopic (exact) mass is 344 g/mol. The van der Waals surface area contributed by atoms with Crippen LogP contribution < -0.4 is 4.74 Å². The number of ketones is 1. The smallest absolute Gasteiger partial charge is 0.161 e. The van der Waals surface area contributed by atoms with Gasteiger partial charge in [0.2, 0.25) is 0 Å². The molecule has 2 aromatic rings. The summed E-state index contributed by atoms with van der Waals surface area (Å²) < 4.78 is 5.84. The van der Waals surface area contributed by atoms with Gasteiger partial charge in [-0.15, -0.1) is 0 Å². The minimum absolute atomic E-state index is 0.0556. The summed E-state index contributed by atoms with van der Waals surface area (Å²) in [6, 6.07) is 20.9. The Morgan fingerprint density at radius 2 is 1.62 bits per heavy atom. The van der Waals surface area contributed by atoms with Crippen molar-refractivity contribution in [1.29, 1.82) is 10.5 Å². The molecule has 26 heavy (non-hydrogen) atoms. The lowest BCUT2D eigenvalue weighted by molar-refractivity contribution is -0.128. The number of hydrogen-bond donors (Lipinski definition) is 0. The van der Waals surface area contributed by atoms with E-state index in [0.29, 0.717) is 11.5 Å². The quantitative estimate of drug-likeness (QED) is 0.795. The fraction of sp³-hybridized carbons (Fsp3) is 0.318. The normalized spacial score (nSPS) is 20.5. The molecule has 0 aromatic heterocycles. The third kappa shape index (κ3) is 2.95. The van der Waals surface area contributed by atoms with Crippen molar-refractivity contribution in [2.24, 2.45) is 16.7 Å². The Morgan fingerprint density at radius 3 is 2.19 bits per heavy atom. The van der Waals surface area contributed by atoms with Crippen molar-refractivity contribution in [2.45, 2.75) is 26.7 Å². The molecule has 0 radical (unpaired) electrons. The van der Waals surface area contributed by atoms with E-state index in [2.05, 4.69) is 12.1 Å². The number of hydrogen-bond acceptors (Lipinski definition) is 4. The van der Waals surface area contributed by atoms with Crippen molar-refractivity contribution in [1.82, 2.24) is 0 Å². The fourth-order valence-corrected chi connectivity index (χ4v) is 3.37. The van der Waals surface area contributed by atoms with Crippen LogP contribution in [0.2, 0.25) is 0 Å². The van der Waals surface area contributed by atoms with E-state index in [1.165, 1.54) is 0 Å². The number of nitrogens with zero attached hydrogens (tertiary/aromatic N) is 2. The molecular formula is C22H20N2O2. The number of ether oxygens (including phenoxy) is 1. The van der Waals surface area contributed by atoms with Gasteiger partial charge in [-0.3, -0.25) is 4.79 Å². The second-order valence-electron chi connectivity index (χ2n) is 7.65. The van der Waals surface area contributed by atoms with Gasteiger partial charge in [0.25, 0.3) is 0 Å². The molecule has 2 atom stereocenters. The largest absolute Gasteiger partial charge is 0.457 e. The van der Waals surface area contributed by atoms with E-state index >= 15 is 0 Å². The number of nitriles is 2. The summed E-state index contributed by atoms with van der Waals surface area (Å²) in [4.78, 5) is 12.8. The molecule has 2 aromatic carbocycles. The van der Waals surface area contributed by atoms with Crippen LogP contribution in [0.25, 0.3) is 0 Å². The maximum absolute atomic E-state index is 12.8. The molecular weight excluding hydrogens is 324 g/mol. The summed E-state index contributed by atoms with van der Waals surface area (Å²) in [6.45, 7) is 5.46. The average Bonchev–Trinajstić information content (AvgIpc) is 3.30. The molecule has 0 heterocycles. The maximum atomic E-state index is 12.8. The van der Waals surface area contributed by atoms with Crippen LogP contribution >= 0.6 is 0 Å². The van der Waals surface area contributed by atoms with Gasteiger partial charge in [0.05, 0.1) is 18.1 Å². The molecule has 1 fully saturated rings. The SMILES string of the molecule is CC(C)(C)C(=O)C1C(c2cccc(Oc3ccccc3)c2)C1(C#N)C#N. The minimum Gasteiger partial charge on any atom is -0.457 e. The van der Waals surface area contributed by atoms with Crippen molar-refractivity contribution in [3.8, 4) is 23.6 Å². The van der Waals surface area contributed by atoms with Gasteiger partial charge in [-0.05, 0) is 29.8 Å². The Kier molecular flexibility index (Phi) is 4.30. The zero-order chi connectivity index (χ0) is 18.9. The highest BCUT2D eigenvalue weighted by Gasteiger charge is 2.71. The number of Topliss-reactive ketones (excluding diaryl/α,β-unsaturated/α-hetero) is 1. The van der Waals surface area contributed by atoms with Crippen LogP contribution in [0.4, 0.5) is 0 Å². The number of carbonyl (C=O) groups excluding carboxylic acids is 1. The van der Waals surface area contributed by atoms with Gasteiger partial charge in [0.15, 0.2) is 5.41 Å². The Labute approximate surface area is 153 Å². The van der Waals surface area contributed by atoms with Crippen molar-refractivity contribution < 1.29 is 9.53 Å². The predicted octanol–water partition coefficient (Wildman–Crippen LogP) is 4.84. The highest BCUT2D eigenvalue weighted by Crippen LogP contribution is 2.66. The molecule has 0 N–H and O–H groups in total. The highest BCUT2D eigenvalue weighted by molar-refractivity contribution is 5.92. The van der Waals surface area contributed by atoms with E-state index in [0.717, 1.165) is 5.56 Å². The van der Waals surface area contributed by atoms with Crippen molar-refractivity contribution in [3.05, 3.63) is 60.2 Å². The second-order valence-corrected chi connectivity index (χ2v) is 7.65. The second kappa shape index (κ2) is 6.32. The summed E-state index contributed by atoms with van der Waals surface area (Å²) in [6.07, 6.45) is 0. The number of carbonyl (C=O) groups is 1. The van der Waals surface area contributed by atoms with E-state index in [1.807, 2.05) is 75.4 Å². The number of benzene rings is 2. The van der Waals surface area contributed by atoms with Gasteiger partial charge in [-0.1, -0.05) is 51.1 Å². The minimum atomic E-state index is -1.30. The first-order chi connectivity index (χ1) is 12.3. The van der Waals surface area contributed by atoms with Crippen LogP contribution in [0.15, 0.2) is 54.6 Å². The summed E-state index contributed by atoms with van der Waals surface area (Å²) in [5.74, 6) is 0.231. The topological polar surface area (TPSA) is 73.9 Å². The van der Waals surface area contributed by atoms with E-state index in [4.69, 9.17) is 4.74 Å². The van der Waals surface area contributed by atoms with Crippen molar-refractivity contribution >= 4 is 5.78 Å².